The summed E-state index contributed by atoms with van der Waals surface area (Å²) in [4.78, 5) is 24.4. The number of aromatic nitrogens is 2. The van der Waals surface area contributed by atoms with Crippen LogP contribution in [0.15, 0.2) is 54.7 Å². The lowest BCUT2D eigenvalue weighted by Gasteiger charge is -2.34. The number of amides is 1. The van der Waals surface area contributed by atoms with E-state index in [0.717, 1.165) is 37.2 Å². The number of carbonyl (C=O) groups excluding carboxylic acids is 1. The second-order valence-corrected chi connectivity index (χ2v) is 7.99. The fourth-order valence-electron chi connectivity index (χ4n) is 4.10. The van der Waals surface area contributed by atoms with Gasteiger partial charge in [0.25, 0.3) is 5.91 Å². The van der Waals surface area contributed by atoms with Gasteiger partial charge in [0.1, 0.15) is 17.4 Å². The van der Waals surface area contributed by atoms with Crippen molar-refractivity contribution in [2.24, 2.45) is 0 Å². The Morgan fingerprint density at radius 3 is 2.72 bits per heavy atom. The van der Waals surface area contributed by atoms with E-state index in [0.29, 0.717) is 29.2 Å². The second kappa shape index (κ2) is 9.87. The summed E-state index contributed by atoms with van der Waals surface area (Å²) in [6.07, 6.45) is 4.76. The Hall–Kier alpha value is -3.32. The molecule has 6 nitrogen and oxygen atoms in total. The van der Waals surface area contributed by atoms with Crippen molar-refractivity contribution in [1.82, 2.24) is 14.9 Å². The smallest absolute Gasteiger partial charge is 0.259 e. The van der Waals surface area contributed by atoms with Crippen molar-refractivity contribution >= 4 is 11.6 Å². The van der Waals surface area contributed by atoms with Crippen molar-refractivity contribution in [2.45, 2.75) is 38.8 Å². The van der Waals surface area contributed by atoms with Crippen molar-refractivity contribution in [3.05, 3.63) is 83.2 Å². The van der Waals surface area contributed by atoms with Crippen LogP contribution in [0.2, 0.25) is 0 Å². The van der Waals surface area contributed by atoms with Gasteiger partial charge in [-0.15, -0.1) is 0 Å². The second-order valence-electron chi connectivity index (χ2n) is 7.99. The van der Waals surface area contributed by atoms with Crippen LogP contribution in [-0.4, -0.2) is 34.4 Å². The number of ether oxygens (including phenoxy) is 1. The number of benzene rings is 2. The molecule has 7 heteroatoms. The quantitative estimate of drug-likeness (QED) is 0.597. The number of likely N-dealkylation sites (tertiary alicyclic amines) is 1. The Labute approximate surface area is 187 Å². The van der Waals surface area contributed by atoms with Crippen molar-refractivity contribution in [3.63, 3.8) is 0 Å². The minimum Gasteiger partial charge on any atom is -0.495 e. The molecule has 0 spiro atoms. The van der Waals surface area contributed by atoms with E-state index < -0.39 is 0 Å². The highest BCUT2D eigenvalue weighted by Crippen LogP contribution is 2.31. The van der Waals surface area contributed by atoms with E-state index in [1.807, 2.05) is 31.2 Å². The molecule has 3 aromatic rings. The van der Waals surface area contributed by atoms with Gasteiger partial charge >= 0.3 is 0 Å². The molecule has 1 atom stereocenters. The lowest BCUT2D eigenvalue weighted by atomic mass is 10.00. The van der Waals surface area contributed by atoms with E-state index >= 15 is 0 Å². The molecule has 1 N–H and O–H groups in total. The summed E-state index contributed by atoms with van der Waals surface area (Å²) in [5, 5.41) is 2.88. The number of aryl methyl sites for hydroxylation is 1. The number of carbonyl (C=O) groups is 1. The third-order valence-corrected chi connectivity index (χ3v) is 5.81. The highest BCUT2D eigenvalue weighted by molar-refractivity contribution is 6.05. The maximum atomic E-state index is 13.3. The predicted molar refractivity (Wildman–Crippen MR) is 121 cm³/mol. The molecule has 1 aromatic heterocycles. The van der Waals surface area contributed by atoms with Crippen LogP contribution in [0.1, 0.15) is 52.7 Å². The number of anilines is 1. The molecule has 2 heterocycles. The predicted octanol–water partition coefficient (Wildman–Crippen LogP) is 4.91. The van der Waals surface area contributed by atoms with Gasteiger partial charge in [-0.25, -0.2) is 14.4 Å². The number of halogens is 1. The summed E-state index contributed by atoms with van der Waals surface area (Å²) in [5.41, 5.74) is 2.72. The van der Waals surface area contributed by atoms with Gasteiger partial charge in [-0.3, -0.25) is 9.69 Å². The zero-order chi connectivity index (χ0) is 22.5. The Balaban J connectivity index is 1.52. The molecule has 0 saturated carbocycles. The first-order chi connectivity index (χ1) is 15.5. The van der Waals surface area contributed by atoms with Crippen LogP contribution in [0.3, 0.4) is 0 Å². The lowest BCUT2D eigenvalue weighted by Crippen LogP contribution is -2.34. The average molecular weight is 435 g/mol. The Morgan fingerprint density at radius 2 is 1.97 bits per heavy atom. The van der Waals surface area contributed by atoms with Crippen molar-refractivity contribution < 1.29 is 13.9 Å². The number of hydrogen-bond donors (Lipinski definition) is 1. The summed E-state index contributed by atoms with van der Waals surface area (Å²) in [5.74, 6) is 0.808. The standard InChI is InChI=1S/C25H27FN4O2/c1-17-20(25(31)29-21-7-3-4-9-23(21)32-2)15-27-24(28-17)22-8-5-6-14-30(22)16-18-10-12-19(26)13-11-18/h3-4,7,9-13,15,22H,5-6,8,14,16H2,1-2H3,(H,29,31)/t22-/m0/s1. The minimum atomic E-state index is -0.273. The van der Waals surface area contributed by atoms with Gasteiger partial charge < -0.3 is 10.1 Å². The topological polar surface area (TPSA) is 67.3 Å². The number of nitrogens with zero attached hydrogens (tertiary/aromatic N) is 3. The van der Waals surface area contributed by atoms with Crippen LogP contribution in [0.25, 0.3) is 0 Å². The van der Waals surface area contributed by atoms with Crippen LogP contribution < -0.4 is 10.1 Å². The van der Waals surface area contributed by atoms with E-state index in [-0.39, 0.29) is 17.8 Å². The molecule has 1 amide bonds. The van der Waals surface area contributed by atoms with Gasteiger partial charge in [-0.05, 0) is 56.1 Å². The molecule has 0 aliphatic carbocycles. The van der Waals surface area contributed by atoms with E-state index in [2.05, 4.69) is 15.2 Å². The number of methoxy groups -OCH3 is 1. The summed E-state index contributed by atoms with van der Waals surface area (Å²) in [7, 11) is 1.57. The van der Waals surface area contributed by atoms with Crippen LogP contribution in [-0.2, 0) is 6.54 Å². The molecular weight excluding hydrogens is 407 g/mol. The largest absolute Gasteiger partial charge is 0.495 e. The number of piperidine rings is 1. The number of para-hydroxylation sites is 2. The molecule has 2 aromatic carbocycles. The number of nitrogens with one attached hydrogen (secondary N) is 1. The first-order valence-corrected chi connectivity index (χ1v) is 10.8. The molecule has 1 aliphatic heterocycles. The molecule has 0 radical (unpaired) electrons. The lowest BCUT2D eigenvalue weighted by molar-refractivity contribution is 0.102. The third kappa shape index (κ3) is 4.94. The van der Waals surface area contributed by atoms with Gasteiger partial charge in [0.2, 0.25) is 0 Å². The molecule has 1 fully saturated rings. The minimum absolute atomic E-state index is 0.0684. The first-order valence-electron chi connectivity index (χ1n) is 10.8. The third-order valence-electron chi connectivity index (χ3n) is 5.81. The molecule has 0 unspecified atom stereocenters. The molecule has 1 saturated heterocycles. The van der Waals surface area contributed by atoms with Gasteiger partial charge in [0.05, 0.1) is 30.1 Å². The Bertz CT molecular complexity index is 1090. The summed E-state index contributed by atoms with van der Waals surface area (Å²) in [6, 6.07) is 13.9. The van der Waals surface area contributed by atoms with E-state index in [9.17, 15) is 9.18 Å². The molecule has 32 heavy (non-hydrogen) atoms. The highest BCUT2D eigenvalue weighted by Gasteiger charge is 2.27. The fraction of sp³-hybridized carbons (Fsp3) is 0.320. The highest BCUT2D eigenvalue weighted by atomic mass is 19.1. The van der Waals surface area contributed by atoms with Crippen LogP contribution in [0.4, 0.5) is 10.1 Å². The maximum Gasteiger partial charge on any atom is 0.259 e. The van der Waals surface area contributed by atoms with E-state index in [1.54, 1.807) is 25.4 Å². The molecule has 1 aliphatic rings. The molecule has 4 rings (SSSR count). The van der Waals surface area contributed by atoms with Gasteiger partial charge in [-0.2, -0.15) is 0 Å². The van der Waals surface area contributed by atoms with Gasteiger partial charge in [0.15, 0.2) is 0 Å². The SMILES string of the molecule is COc1ccccc1NC(=O)c1cnc([C@@H]2CCCCN2Cc2ccc(F)cc2)nc1C. The van der Waals surface area contributed by atoms with Crippen LogP contribution in [0, 0.1) is 12.7 Å². The van der Waals surface area contributed by atoms with Crippen molar-refractivity contribution in [2.75, 3.05) is 19.0 Å². The van der Waals surface area contributed by atoms with Crippen LogP contribution >= 0.6 is 0 Å². The van der Waals surface area contributed by atoms with Crippen molar-refractivity contribution in [3.8, 4) is 5.75 Å². The summed E-state index contributed by atoms with van der Waals surface area (Å²) >= 11 is 0. The average Bonchev–Trinajstić information content (AvgIpc) is 2.81. The number of rotatable bonds is 6. The number of hydrogen-bond acceptors (Lipinski definition) is 5. The Kier molecular flexibility index (Phi) is 6.75. The van der Waals surface area contributed by atoms with Gasteiger partial charge in [0, 0.05) is 12.7 Å². The van der Waals surface area contributed by atoms with Crippen molar-refractivity contribution in [1.29, 1.82) is 0 Å². The van der Waals surface area contributed by atoms with Crippen LogP contribution in [0.5, 0.6) is 5.75 Å². The molecule has 0 bridgehead atoms. The molecule has 166 valence electrons. The summed E-state index contributed by atoms with van der Waals surface area (Å²) < 4.78 is 18.6. The fourth-order valence-corrected chi connectivity index (χ4v) is 4.10. The zero-order valence-electron chi connectivity index (χ0n) is 18.3. The monoisotopic (exact) mass is 434 g/mol. The van der Waals surface area contributed by atoms with E-state index in [4.69, 9.17) is 9.72 Å². The van der Waals surface area contributed by atoms with Gasteiger partial charge in [-0.1, -0.05) is 30.7 Å². The summed E-state index contributed by atoms with van der Waals surface area (Å²) in [6.45, 7) is 3.47. The zero-order valence-corrected chi connectivity index (χ0v) is 18.3. The van der Waals surface area contributed by atoms with E-state index in [1.165, 1.54) is 12.1 Å². The maximum absolute atomic E-state index is 13.3. The molecular formula is C25H27FN4O2. The Morgan fingerprint density at radius 1 is 1.19 bits per heavy atom. The first kappa shape index (κ1) is 21.9. The normalized spacial score (nSPS) is 16.5.